The van der Waals surface area contributed by atoms with E-state index in [4.69, 9.17) is 14.2 Å². The quantitative estimate of drug-likeness (QED) is 0.564. The van der Waals surface area contributed by atoms with E-state index in [2.05, 4.69) is 0 Å². The van der Waals surface area contributed by atoms with E-state index in [9.17, 15) is 4.79 Å². The van der Waals surface area contributed by atoms with Gasteiger partial charge in [-0.05, 0) is 26.7 Å². The summed E-state index contributed by atoms with van der Waals surface area (Å²) in [6.07, 6.45) is 1.88. The van der Waals surface area contributed by atoms with E-state index in [-0.39, 0.29) is 24.1 Å². The molecular weight excluding hydrogens is 196 g/mol. The molecule has 1 aliphatic carbocycles. The van der Waals surface area contributed by atoms with E-state index in [0.717, 1.165) is 12.8 Å². The molecule has 0 spiro atoms. The molecule has 0 bridgehead atoms. The first-order chi connectivity index (χ1) is 7.05. The zero-order chi connectivity index (χ0) is 10.6. The molecule has 1 saturated carbocycles. The zero-order valence-corrected chi connectivity index (χ0v) is 9.06. The smallest absolute Gasteiger partial charge is 0.309 e. The highest BCUT2D eigenvalue weighted by Gasteiger charge is 2.52. The molecule has 4 atom stereocenters. The van der Waals surface area contributed by atoms with Crippen LogP contribution < -0.4 is 0 Å². The standard InChI is InChI=1S/C11H16O4/c1-11(2)14-8-3-6-5-13-10(12)7(6)4-9(8)15-11/h6-9H,3-5H2,1-2H3/t6-,7-,8-,9+/m1/s1. The van der Waals surface area contributed by atoms with Crippen LogP contribution in [0.2, 0.25) is 0 Å². The summed E-state index contributed by atoms with van der Waals surface area (Å²) in [5.41, 5.74) is 0. The van der Waals surface area contributed by atoms with Crippen LogP contribution in [-0.2, 0) is 19.0 Å². The first kappa shape index (κ1) is 9.60. The van der Waals surface area contributed by atoms with Gasteiger partial charge in [-0.3, -0.25) is 4.79 Å². The largest absolute Gasteiger partial charge is 0.465 e. The molecule has 3 aliphatic rings. The zero-order valence-electron chi connectivity index (χ0n) is 9.06. The Bertz CT molecular complexity index is 299. The molecular formula is C11H16O4. The third-order valence-corrected chi connectivity index (χ3v) is 3.62. The van der Waals surface area contributed by atoms with Crippen LogP contribution in [0.3, 0.4) is 0 Å². The van der Waals surface area contributed by atoms with Gasteiger partial charge in [-0.2, -0.15) is 0 Å². The second-order valence-electron chi connectivity index (χ2n) is 5.18. The van der Waals surface area contributed by atoms with Crippen molar-refractivity contribution in [2.75, 3.05) is 6.61 Å². The van der Waals surface area contributed by atoms with E-state index >= 15 is 0 Å². The molecule has 0 aromatic carbocycles. The van der Waals surface area contributed by atoms with Gasteiger partial charge in [0, 0.05) is 5.92 Å². The molecule has 3 rings (SSSR count). The predicted octanol–water partition coefficient (Wildman–Crippen LogP) is 1.09. The third-order valence-electron chi connectivity index (χ3n) is 3.62. The average molecular weight is 212 g/mol. The Morgan fingerprint density at radius 2 is 1.87 bits per heavy atom. The predicted molar refractivity (Wildman–Crippen MR) is 51.0 cm³/mol. The molecule has 4 heteroatoms. The summed E-state index contributed by atoms with van der Waals surface area (Å²) in [5.74, 6) is -0.149. The molecule has 15 heavy (non-hydrogen) atoms. The van der Waals surface area contributed by atoms with Crippen molar-refractivity contribution in [2.24, 2.45) is 11.8 Å². The number of ether oxygens (including phenoxy) is 3. The van der Waals surface area contributed by atoms with Crippen LogP contribution >= 0.6 is 0 Å². The Kier molecular flexibility index (Phi) is 1.89. The number of hydrogen-bond acceptors (Lipinski definition) is 4. The van der Waals surface area contributed by atoms with E-state index in [1.165, 1.54) is 0 Å². The Hall–Kier alpha value is -0.610. The number of carbonyl (C=O) groups excluding carboxylic acids is 1. The molecule has 0 unspecified atom stereocenters. The van der Waals surface area contributed by atoms with Crippen LogP contribution in [0.15, 0.2) is 0 Å². The lowest BCUT2D eigenvalue weighted by Crippen LogP contribution is -2.37. The normalized spacial score (nSPS) is 47.2. The third kappa shape index (κ3) is 1.47. The minimum absolute atomic E-state index is 0.0451. The molecule has 3 fully saturated rings. The summed E-state index contributed by atoms with van der Waals surface area (Å²) in [6, 6.07) is 0. The Balaban J connectivity index is 1.78. The molecule has 0 N–H and O–H groups in total. The van der Waals surface area contributed by atoms with E-state index in [1.54, 1.807) is 0 Å². The number of hydrogen-bond donors (Lipinski definition) is 0. The lowest BCUT2D eigenvalue weighted by Gasteiger charge is -2.29. The minimum atomic E-state index is -0.488. The SMILES string of the molecule is CC1(C)O[C@H]2C[C@H]3C(=O)OC[C@H]3C[C@H]2O1. The van der Waals surface area contributed by atoms with Gasteiger partial charge in [0.25, 0.3) is 0 Å². The monoisotopic (exact) mass is 212 g/mol. The van der Waals surface area contributed by atoms with Gasteiger partial charge in [-0.1, -0.05) is 0 Å². The van der Waals surface area contributed by atoms with Crippen molar-refractivity contribution in [3.63, 3.8) is 0 Å². The minimum Gasteiger partial charge on any atom is -0.465 e. The van der Waals surface area contributed by atoms with Crippen LogP contribution in [0.25, 0.3) is 0 Å². The summed E-state index contributed by atoms with van der Waals surface area (Å²) >= 11 is 0. The van der Waals surface area contributed by atoms with Crippen molar-refractivity contribution >= 4 is 5.97 Å². The van der Waals surface area contributed by atoms with Crippen molar-refractivity contribution < 1.29 is 19.0 Å². The fourth-order valence-corrected chi connectivity index (χ4v) is 2.98. The first-order valence-corrected chi connectivity index (χ1v) is 5.57. The molecule has 0 aromatic heterocycles. The molecule has 2 saturated heterocycles. The van der Waals surface area contributed by atoms with Crippen LogP contribution in [0, 0.1) is 11.8 Å². The van der Waals surface area contributed by atoms with Crippen LogP contribution in [-0.4, -0.2) is 30.6 Å². The number of carbonyl (C=O) groups is 1. The highest BCUT2D eigenvalue weighted by atomic mass is 16.8. The second-order valence-corrected chi connectivity index (χ2v) is 5.18. The Labute approximate surface area is 88.9 Å². The van der Waals surface area contributed by atoms with E-state index in [1.807, 2.05) is 13.8 Å². The summed E-state index contributed by atoms with van der Waals surface area (Å²) in [7, 11) is 0. The lowest BCUT2D eigenvalue weighted by atomic mass is 9.78. The van der Waals surface area contributed by atoms with Gasteiger partial charge in [0.2, 0.25) is 0 Å². The molecule has 84 valence electrons. The van der Waals surface area contributed by atoms with Crippen molar-refractivity contribution in [3.05, 3.63) is 0 Å². The van der Waals surface area contributed by atoms with Crippen molar-refractivity contribution in [1.82, 2.24) is 0 Å². The van der Waals surface area contributed by atoms with Crippen LogP contribution in [0.4, 0.5) is 0 Å². The van der Waals surface area contributed by atoms with Crippen molar-refractivity contribution in [1.29, 1.82) is 0 Å². The summed E-state index contributed by atoms with van der Waals surface area (Å²) < 4.78 is 16.7. The van der Waals surface area contributed by atoms with Gasteiger partial charge < -0.3 is 14.2 Å². The molecule has 0 amide bonds. The Morgan fingerprint density at radius 1 is 1.20 bits per heavy atom. The maximum Gasteiger partial charge on any atom is 0.309 e. The number of rotatable bonds is 0. The highest BCUT2D eigenvalue weighted by molar-refractivity contribution is 5.75. The number of esters is 1. The number of fused-ring (bicyclic) bond motifs is 2. The first-order valence-electron chi connectivity index (χ1n) is 5.57. The highest BCUT2D eigenvalue weighted by Crippen LogP contribution is 2.44. The Morgan fingerprint density at radius 3 is 2.60 bits per heavy atom. The maximum absolute atomic E-state index is 11.4. The van der Waals surface area contributed by atoms with Gasteiger partial charge >= 0.3 is 5.97 Å². The maximum atomic E-state index is 11.4. The van der Waals surface area contributed by atoms with Gasteiger partial charge in [0.15, 0.2) is 5.79 Å². The summed E-state index contributed by atoms with van der Waals surface area (Å²) in [5, 5.41) is 0. The fraction of sp³-hybridized carbons (Fsp3) is 0.909. The van der Waals surface area contributed by atoms with Gasteiger partial charge in [-0.15, -0.1) is 0 Å². The summed E-state index contributed by atoms with van der Waals surface area (Å²) in [6.45, 7) is 4.43. The van der Waals surface area contributed by atoms with Crippen LogP contribution in [0.5, 0.6) is 0 Å². The lowest BCUT2D eigenvalue weighted by molar-refractivity contribution is -0.149. The van der Waals surface area contributed by atoms with Gasteiger partial charge in [0.05, 0.1) is 24.7 Å². The van der Waals surface area contributed by atoms with E-state index < -0.39 is 5.79 Å². The molecule has 0 radical (unpaired) electrons. The second kappa shape index (κ2) is 2.95. The van der Waals surface area contributed by atoms with Crippen LogP contribution in [0.1, 0.15) is 26.7 Å². The van der Waals surface area contributed by atoms with Crippen molar-refractivity contribution in [2.45, 2.75) is 44.7 Å². The van der Waals surface area contributed by atoms with Gasteiger partial charge in [-0.25, -0.2) is 0 Å². The topological polar surface area (TPSA) is 44.8 Å². The summed E-state index contributed by atoms with van der Waals surface area (Å²) in [4.78, 5) is 11.4. The molecule has 2 heterocycles. The molecule has 4 nitrogen and oxygen atoms in total. The van der Waals surface area contributed by atoms with Gasteiger partial charge in [0.1, 0.15) is 0 Å². The molecule has 2 aliphatic heterocycles. The molecule has 0 aromatic rings. The average Bonchev–Trinajstić information content (AvgIpc) is 2.62. The van der Waals surface area contributed by atoms with E-state index in [0.29, 0.717) is 12.5 Å². The number of cyclic esters (lactones) is 1. The fourth-order valence-electron chi connectivity index (χ4n) is 2.98. The van der Waals surface area contributed by atoms with Crippen molar-refractivity contribution in [3.8, 4) is 0 Å².